The molecule has 0 saturated carbocycles. The molecule has 0 spiro atoms. The standard InChI is InChI=1S/C22H26Cl2FN3O3/c1-2-20(29)31-21-17(25)4-3-5-19(21)27-22(30)18(26)14-15-6-8-16(9-7-15)28(12-10-23)13-11-24/h3-9,18H,2,10-14,26H2,1H3,(H,27,30)/t18-/m0/s1. The molecule has 168 valence electrons. The summed E-state index contributed by atoms with van der Waals surface area (Å²) in [5, 5.41) is 2.55. The van der Waals surface area contributed by atoms with Gasteiger partial charge in [-0.1, -0.05) is 25.1 Å². The molecule has 1 atom stereocenters. The number of amides is 1. The van der Waals surface area contributed by atoms with Crippen LogP contribution in [0.2, 0.25) is 0 Å². The van der Waals surface area contributed by atoms with Crippen molar-refractivity contribution in [3.8, 4) is 5.75 Å². The Morgan fingerprint density at radius 3 is 2.35 bits per heavy atom. The molecule has 1 amide bonds. The highest BCUT2D eigenvalue weighted by atomic mass is 35.5. The molecule has 0 heterocycles. The molecule has 2 aromatic carbocycles. The van der Waals surface area contributed by atoms with Crippen LogP contribution in [0.1, 0.15) is 18.9 Å². The molecule has 0 aromatic heterocycles. The number of nitrogens with one attached hydrogen (secondary N) is 1. The molecule has 0 saturated heterocycles. The van der Waals surface area contributed by atoms with E-state index in [2.05, 4.69) is 10.2 Å². The first kappa shape index (κ1) is 24.9. The summed E-state index contributed by atoms with van der Waals surface area (Å²) in [6, 6.07) is 10.7. The highest BCUT2D eigenvalue weighted by molar-refractivity contribution is 6.18. The van der Waals surface area contributed by atoms with Crippen LogP contribution < -0.4 is 20.7 Å². The fourth-order valence-corrected chi connectivity index (χ4v) is 3.29. The van der Waals surface area contributed by atoms with E-state index in [1.165, 1.54) is 12.1 Å². The molecule has 0 aliphatic heterocycles. The van der Waals surface area contributed by atoms with Gasteiger partial charge < -0.3 is 20.7 Å². The van der Waals surface area contributed by atoms with Crippen molar-refractivity contribution in [2.45, 2.75) is 25.8 Å². The highest BCUT2D eigenvalue weighted by Gasteiger charge is 2.19. The number of benzene rings is 2. The maximum Gasteiger partial charge on any atom is 0.311 e. The van der Waals surface area contributed by atoms with Crippen molar-refractivity contribution in [3.05, 3.63) is 53.8 Å². The molecule has 0 fully saturated rings. The largest absolute Gasteiger partial charge is 0.421 e. The lowest BCUT2D eigenvalue weighted by Gasteiger charge is -2.23. The Morgan fingerprint density at radius 2 is 1.77 bits per heavy atom. The lowest BCUT2D eigenvalue weighted by atomic mass is 10.1. The number of hydrogen-bond donors (Lipinski definition) is 2. The van der Waals surface area contributed by atoms with Gasteiger partial charge in [-0.15, -0.1) is 23.2 Å². The van der Waals surface area contributed by atoms with Crippen molar-refractivity contribution < 1.29 is 18.7 Å². The Balaban J connectivity index is 2.05. The number of halogens is 3. The number of alkyl halides is 2. The lowest BCUT2D eigenvalue weighted by Crippen LogP contribution is -2.37. The Bertz CT molecular complexity index is 875. The normalized spacial score (nSPS) is 11.6. The van der Waals surface area contributed by atoms with Gasteiger partial charge in [0.2, 0.25) is 5.91 Å². The number of anilines is 2. The molecule has 9 heteroatoms. The Morgan fingerprint density at radius 1 is 1.13 bits per heavy atom. The number of ether oxygens (including phenoxy) is 1. The minimum atomic E-state index is -0.884. The van der Waals surface area contributed by atoms with Crippen LogP contribution in [-0.4, -0.2) is 42.8 Å². The minimum Gasteiger partial charge on any atom is -0.421 e. The summed E-state index contributed by atoms with van der Waals surface area (Å²) in [4.78, 5) is 26.2. The number of hydrogen-bond acceptors (Lipinski definition) is 5. The van der Waals surface area contributed by atoms with Crippen LogP contribution in [0.5, 0.6) is 5.75 Å². The second kappa shape index (κ2) is 12.5. The predicted octanol–water partition coefficient (Wildman–Crippen LogP) is 3.93. The van der Waals surface area contributed by atoms with Crippen LogP contribution >= 0.6 is 23.2 Å². The Hall–Kier alpha value is -2.35. The van der Waals surface area contributed by atoms with Crippen LogP contribution in [0.3, 0.4) is 0 Å². The summed E-state index contributed by atoms with van der Waals surface area (Å²) in [5.74, 6) is -1.23. The molecule has 3 N–H and O–H groups in total. The number of nitrogens with zero attached hydrogens (tertiary/aromatic N) is 1. The van der Waals surface area contributed by atoms with Crippen LogP contribution in [0.25, 0.3) is 0 Å². The second-order valence-corrected chi connectivity index (χ2v) is 7.53. The van der Waals surface area contributed by atoms with Crippen molar-refractivity contribution in [1.29, 1.82) is 0 Å². The highest BCUT2D eigenvalue weighted by Crippen LogP contribution is 2.28. The lowest BCUT2D eigenvalue weighted by molar-refractivity contribution is -0.134. The van der Waals surface area contributed by atoms with Gasteiger partial charge in [0.15, 0.2) is 11.6 Å². The van der Waals surface area contributed by atoms with E-state index in [1.54, 1.807) is 6.92 Å². The molecule has 0 aliphatic rings. The van der Waals surface area contributed by atoms with E-state index in [9.17, 15) is 14.0 Å². The SMILES string of the molecule is CCC(=O)Oc1c(F)cccc1NC(=O)[C@@H](N)Cc1ccc(N(CCCl)CCCl)cc1. The van der Waals surface area contributed by atoms with Crippen molar-refractivity contribution in [2.24, 2.45) is 5.73 Å². The summed E-state index contributed by atoms with van der Waals surface area (Å²) < 4.78 is 19.1. The third-order valence-corrected chi connectivity index (χ3v) is 4.87. The van der Waals surface area contributed by atoms with Crippen molar-refractivity contribution in [1.82, 2.24) is 0 Å². The number of nitrogens with two attached hydrogens (primary N) is 1. The van der Waals surface area contributed by atoms with E-state index in [4.69, 9.17) is 33.7 Å². The summed E-state index contributed by atoms with van der Waals surface area (Å²) >= 11 is 11.7. The minimum absolute atomic E-state index is 0.0513. The quantitative estimate of drug-likeness (QED) is 0.295. The first-order chi connectivity index (χ1) is 14.9. The monoisotopic (exact) mass is 469 g/mol. The predicted molar refractivity (Wildman–Crippen MR) is 123 cm³/mol. The molecule has 2 rings (SSSR count). The van der Waals surface area contributed by atoms with Gasteiger partial charge in [-0.25, -0.2) is 4.39 Å². The Labute approximate surface area is 191 Å². The fourth-order valence-electron chi connectivity index (χ4n) is 2.89. The van der Waals surface area contributed by atoms with Gasteiger partial charge in [-0.05, 0) is 36.2 Å². The van der Waals surface area contributed by atoms with Crippen LogP contribution in [0.15, 0.2) is 42.5 Å². The van der Waals surface area contributed by atoms with E-state index in [0.717, 1.165) is 17.3 Å². The second-order valence-electron chi connectivity index (χ2n) is 6.78. The van der Waals surface area contributed by atoms with E-state index in [-0.39, 0.29) is 24.3 Å². The summed E-state index contributed by atoms with van der Waals surface area (Å²) in [5.41, 5.74) is 7.94. The summed E-state index contributed by atoms with van der Waals surface area (Å²) in [6.07, 6.45) is 0.348. The summed E-state index contributed by atoms with van der Waals surface area (Å²) in [6.45, 7) is 2.94. The fraction of sp³-hybridized carbons (Fsp3) is 0.364. The van der Waals surface area contributed by atoms with Gasteiger partial charge in [-0.2, -0.15) is 0 Å². The number of carbonyl (C=O) groups excluding carboxylic acids is 2. The van der Waals surface area contributed by atoms with Crippen LogP contribution in [-0.2, 0) is 16.0 Å². The third-order valence-electron chi connectivity index (χ3n) is 4.53. The van der Waals surface area contributed by atoms with E-state index >= 15 is 0 Å². The maximum absolute atomic E-state index is 14.1. The van der Waals surface area contributed by atoms with Gasteiger partial charge >= 0.3 is 5.97 Å². The van der Waals surface area contributed by atoms with E-state index in [1.807, 2.05) is 24.3 Å². The molecule has 0 aliphatic carbocycles. The van der Waals surface area contributed by atoms with Gasteiger partial charge in [-0.3, -0.25) is 9.59 Å². The number of esters is 1. The van der Waals surface area contributed by atoms with Gasteiger partial charge in [0.25, 0.3) is 0 Å². The molecule has 0 radical (unpaired) electrons. The van der Waals surface area contributed by atoms with Crippen LogP contribution in [0, 0.1) is 5.82 Å². The Kier molecular flexibility index (Phi) is 10.0. The van der Waals surface area contributed by atoms with Crippen molar-refractivity contribution >= 4 is 46.5 Å². The molecule has 0 bridgehead atoms. The third kappa shape index (κ3) is 7.38. The zero-order valence-electron chi connectivity index (χ0n) is 17.2. The molecule has 2 aromatic rings. The average Bonchev–Trinajstić information content (AvgIpc) is 2.76. The molecule has 31 heavy (non-hydrogen) atoms. The van der Waals surface area contributed by atoms with Gasteiger partial charge in [0.05, 0.1) is 11.7 Å². The molecular formula is C22H26Cl2FN3O3. The number of carbonyl (C=O) groups is 2. The smallest absolute Gasteiger partial charge is 0.311 e. The molecule has 6 nitrogen and oxygen atoms in total. The van der Waals surface area contributed by atoms with Gasteiger partial charge in [0, 0.05) is 37.0 Å². The average molecular weight is 470 g/mol. The van der Waals surface area contributed by atoms with Crippen molar-refractivity contribution in [2.75, 3.05) is 35.1 Å². The maximum atomic E-state index is 14.1. The van der Waals surface area contributed by atoms with E-state index < -0.39 is 23.7 Å². The van der Waals surface area contributed by atoms with E-state index in [0.29, 0.717) is 24.8 Å². The first-order valence-electron chi connectivity index (χ1n) is 9.91. The molecular weight excluding hydrogens is 444 g/mol. The van der Waals surface area contributed by atoms with Gasteiger partial charge in [0.1, 0.15) is 0 Å². The number of rotatable bonds is 11. The molecule has 0 unspecified atom stereocenters. The zero-order chi connectivity index (χ0) is 22.8. The zero-order valence-corrected chi connectivity index (χ0v) is 18.8. The summed E-state index contributed by atoms with van der Waals surface area (Å²) in [7, 11) is 0. The van der Waals surface area contributed by atoms with Crippen LogP contribution in [0.4, 0.5) is 15.8 Å². The first-order valence-corrected chi connectivity index (χ1v) is 11.0. The van der Waals surface area contributed by atoms with Crippen molar-refractivity contribution in [3.63, 3.8) is 0 Å². The topological polar surface area (TPSA) is 84.7 Å². The number of para-hydroxylation sites is 1.